The smallest absolute Gasteiger partial charge is 0.328 e. The molecule has 49 heteroatoms. The Morgan fingerprint density at radius 3 is 1.20 bits per heavy atom. The van der Waals surface area contributed by atoms with E-state index < -0.39 is 278 Å². The first kappa shape index (κ1) is 114. The number of nitrogens with two attached hydrogens (primary N) is 4. The molecule has 0 bridgehead atoms. The van der Waals surface area contributed by atoms with Crippen molar-refractivity contribution in [2.75, 3.05) is 25.4 Å². The summed E-state index contributed by atoms with van der Waals surface area (Å²) in [5, 5.41) is 97.3. The molecular formula is C83H133N23O25S. The summed E-state index contributed by atoms with van der Waals surface area (Å²) in [7, 11) is 0. The predicted octanol–water partition coefficient (Wildman–Crippen LogP) is -6.47. The van der Waals surface area contributed by atoms with Gasteiger partial charge in [-0.1, -0.05) is 80.4 Å². The molecule has 0 spiro atoms. The lowest BCUT2D eigenvalue weighted by Gasteiger charge is -2.30. The van der Waals surface area contributed by atoms with Crippen LogP contribution >= 0.6 is 12.6 Å². The molecule has 0 aliphatic heterocycles. The molecule has 0 aliphatic rings. The number of thiol groups is 1. The Morgan fingerprint density at radius 1 is 0.409 bits per heavy atom. The second kappa shape index (κ2) is 58.3. The van der Waals surface area contributed by atoms with Crippen molar-refractivity contribution >= 4 is 125 Å². The van der Waals surface area contributed by atoms with Crippen molar-refractivity contribution in [2.24, 2.45) is 46.6 Å². The Kier molecular flexibility index (Phi) is 50.2. The number of unbranched alkanes of at least 4 members (excludes halogenated alkanes) is 2. The monoisotopic (exact) mass is 1880 g/mol. The summed E-state index contributed by atoms with van der Waals surface area (Å²) in [4.78, 5) is 276. The first-order valence-electron chi connectivity index (χ1n) is 43.5. The molecule has 3 rings (SSSR count). The number of phenolic OH excluding ortho intramolecular Hbond substituents is 1. The third kappa shape index (κ3) is 40.9. The predicted molar refractivity (Wildman–Crippen MR) is 476 cm³/mol. The lowest BCUT2D eigenvalue weighted by Crippen LogP contribution is -2.63. The summed E-state index contributed by atoms with van der Waals surface area (Å²) in [6.45, 7) is 14.9. The minimum atomic E-state index is -2.04. The van der Waals surface area contributed by atoms with Crippen molar-refractivity contribution in [1.82, 2.24) is 99.7 Å². The second-order valence-corrected chi connectivity index (χ2v) is 33.5. The molecule has 0 aliphatic carbocycles. The number of aromatic nitrogens is 4. The van der Waals surface area contributed by atoms with Crippen LogP contribution in [0.4, 0.5) is 0 Å². The fourth-order valence-electron chi connectivity index (χ4n) is 13.2. The number of nitrogens with one attached hydrogen (secondary N) is 17. The van der Waals surface area contributed by atoms with Crippen LogP contribution in [0.25, 0.3) is 0 Å². The van der Waals surface area contributed by atoms with Gasteiger partial charge in [-0.3, -0.25) is 86.3 Å². The molecule has 19 atom stereocenters. The third-order valence-corrected chi connectivity index (χ3v) is 21.5. The van der Waals surface area contributed by atoms with Gasteiger partial charge in [0.1, 0.15) is 84.3 Å². The van der Waals surface area contributed by atoms with E-state index in [0.717, 1.165) is 13.8 Å². The van der Waals surface area contributed by atoms with Gasteiger partial charge in [-0.2, -0.15) is 12.6 Å². The molecule has 2 heterocycles. The maximum absolute atomic E-state index is 14.9. The number of carbonyl (C=O) groups is 19. The standard InChI is InChI=1S/C83H133N23O25S/c1-11-42(7)65(87)80(127)103-60(37-132)79(126)95-52(23-24-63(112)113)71(118)99-55(29-46-19-21-49(109)22-20-46)74(121)97-53(27-40(3)4)72(119)100-56(30-47-34-88-38-91-47)75(122)94-51(18-14-16-26-85)70(117)102-59(33-64(114)115)76(123)98-54(28-41(5)6)73(120)101-57(31-48-35-89-39-92-48)77(124)105-67(44(9)107)82(129)104-66(43(8)12-2)81(128)96-50(17-13-15-25-84)69(116)90-36-62(111)93-58(32-61(86)110)78(125)106-68(45(10)108)83(130)131/h19-22,34-35,38-45,50-60,65-68,107-109,132H,11-18,23-33,36-37,84-85,87H2,1-10H3,(H2,86,110)(H,88,91)(H,89,92)(H,90,116)(H,93,111)(H,94,122)(H,95,126)(H,96,128)(H,97,121)(H,98,123)(H,99,118)(H,100,119)(H,101,120)(H,102,117)(H,103,127)(H,104,129)(H,105,124)(H,106,125)(H,112,113)(H,114,115)(H,130,131)/t42-,43-,44+,45+,50-,51-,52-,53-,54-,55-,56-,57-,58-,59-,60-,65-,66-,67-,68-/m0/s1. The van der Waals surface area contributed by atoms with Crippen molar-refractivity contribution in [3.63, 3.8) is 0 Å². The number of carboxylic acids is 3. The largest absolute Gasteiger partial charge is 0.508 e. The van der Waals surface area contributed by atoms with Crippen LogP contribution in [0.5, 0.6) is 5.75 Å². The van der Waals surface area contributed by atoms with Crippen molar-refractivity contribution in [1.29, 1.82) is 0 Å². The highest BCUT2D eigenvalue weighted by Crippen LogP contribution is 2.18. The first-order chi connectivity index (χ1) is 62.2. The first-order valence-corrected chi connectivity index (χ1v) is 44.1. The number of aliphatic hydroxyl groups excluding tert-OH is 2. The van der Waals surface area contributed by atoms with Crippen LogP contribution in [0, 0.1) is 23.7 Å². The summed E-state index contributed by atoms with van der Waals surface area (Å²) >= 11 is 4.21. The molecule has 1 aromatic carbocycles. The number of imidazole rings is 2. The van der Waals surface area contributed by atoms with Crippen molar-refractivity contribution in [3.05, 3.63) is 66.3 Å². The van der Waals surface area contributed by atoms with E-state index in [0.29, 0.717) is 18.4 Å². The number of aromatic amines is 2. The number of nitrogens with zero attached hydrogens (tertiary/aromatic N) is 2. The fourth-order valence-corrected chi connectivity index (χ4v) is 13.4. The molecule has 132 heavy (non-hydrogen) atoms. The average Bonchev–Trinajstić information content (AvgIpc) is 1.80. The van der Waals surface area contributed by atoms with Crippen LogP contribution in [0.3, 0.4) is 0 Å². The summed E-state index contributed by atoms with van der Waals surface area (Å²) in [5.41, 5.74) is 23.6. The Morgan fingerprint density at radius 2 is 0.780 bits per heavy atom. The fraction of sp³-hybridized carbons (Fsp3) is 0.627. The van der Waals surface area contributed by atoms with E-state index in [1.807, 2.05) is 5.32 Å². The molecule has 48 nitrogen and oxygen atoms in total. The van der Waals surface area contributed by atoms with Gasteiger partial charge in [0.2, 0.25) is 94.5 Å². The van der Waals surface area contributed by atoms with Crippen LogP contribution in [-0.2, 0) is 110 Å². The molecular weight excluding hydrogens is 1750 g/mol. The average molecular weight is 1890 g/mol. The minimum Gasteiger partial charge on any atom is -0.508 e. The molecule has 0 radical (unpaired) electrons. The zero-order valence-corrected chi connectivity index (χ0v) is 76.6. The Labute approximate surface area is 768 Å². The van der Waals surface area contributed by atoms with Crippen molar-refractivity contribution in [2.45, 2.75) is 281 Å². The van der Waals surface area contributed by atoms with E-state index in [1.54, 1.807) is 55.4 Å². The highest BCUT2D eigenvalue weighted by atomic mass is 32.1. The van der Waals surface area contributed by atoms with E-state index in [1.165, 1.54) is 49.3 Å². The van der Waals surface area contributed by atoms with Gasteiger partial charge < -0.3 is 143 Å². The molecule has 31 N–H and O–H groups in total. The molecule has 736 valence electrons. The van der Waals surface area contributed by atoms with Gasteiger partial charge in [0.05, 0.1) is 61.7 Å². The highest BCUT2D eigenvalue weighted by Gasteiger charge is 2.41. The Balaban J connectivity index is 2.00. The van der Waals surface area contributed by atoms with Gasteiger partial charge in [-0.25, -0.2) is 14.8 Å². The van der Waals surface area contributed by atoms with Gasteiger partial charge in [0.25, 0.3) is 0 Å². The van der Waals surface area contributed by atoms with Crippen LogP contribution in [0.1, 0.15) is 176 Å². The molecule has 0 unspecified atom stereocenters. The van der Waals surface area contributed by atoms with Crippen molar-refractivity contribution in [3.8, 4) is 5.75 Å². The number of rotatable bonds is 63. The Hall–Kier alpha value is -12.5. The maximum Gasteiger partial charge on any atom is 0.328 e. The van der Waals surface area contributed by atoms with E-state index >= 15 is 0 Å². The summed E-state index contributed by atoms with van der Waals surface area (Å²) in [6.07, 6.45) is -1.67. The lowest BCUT2D eigenvalue weighted by molar-refractivity contribution is -0.145. The molecule has 16 amide bonds. The normalized spacial score (nSPS) is 15.6. The van der Waals surface area contributed by atoms with Gasteiger partial charge >= 0.3 is 17.9 Å². The third-order valence-electron chi connectivity index (χ3n) is 21.1. The number of H-pyrrole nitrogens is 2. The molecule has 0 saturated heterocycles. The minimum absolute atomic E-state index is 0.0751. The van der Waals surface area contributed by atoms with Gasteiger partial charge in [-0.05, 0) is 126 Å². The van der Waals surface area contributed by atoms with E-state index in [4.69, 9.17) is 22.9 Å². The maximum atomic E-state index is 14.9. The number of carbonyl (C=O) groups excluding carboxylic acids is 16. The van der Waals surface area contributed by atoms with Gasteiger partial charge in [0.15, 0.2) is 6.04 Å². The molecule has 0 fully saturated rings. The number of primary amides is 1. The summed E-state index contributed by atoms with van der Waals surface area (Å²) in [5.74, 6) is -24.1. The number of aliphatic hydroxyl groups is 2. The van der Waals surface area contributed by atoms with Crippen LogP contribution in [0.2, 0.25) is 0 Å². The van der Waals surface area contributed by atoms with Crippen LogP contribution in [-0.4, -0.2) is 291 Å². The second-order valence-electron chi connectivity index (χ2n) is 33.1. The Bertz CT molecular complexity index is 4320. The SMILES string of the molecule is CC[C@H](C)[C@H](N)C(=O)N[C@@H](CS)C(=O)N[C@@H](CCC(=O)O)C(=O)N[C@@H](Cc1ccc(O)cc1)C(=O)N[C@@H](CC(C)C)C(=O)N[C@@H](Cc1c[nH]cn1)C(=O)N[C@@H](CCCCN)C(=O)N[C@@H](CC(=O)O)C(=O)N[C@@H](CC(C)C)C(=O)N[C@@H](Cc1c[nH]cn1)C(=O)N[C@H](C(=O)N[C@H](C(=O)N[C@@H](CCCCN)C(=O)NCC(=O)N[C@@H](CC(N)=O)C(=O)N[C@H](C(=O)O)[C@@H](C)O)[C@@H](C)CC)[C@@H](C)O. The number of hydrogen-bond donors (Lipinski definition) is 28. The number of aliphatic carboxylic acids is 3. The zero-order valence-electron chi connectivity index (χ0n) is 75.7. The molecule has 2 aromatic heterocycles. The quantitative estimate of drug-likeness (QED) is 0.0185. The van der Waals surface area contributed by atoms with E-state index in [9.17, 15) is 122 Å². The number of hydrogen-bond acceptors (Lipinski definition) is 28. The van der Waals surface area contributed by atoms with E-state index in [-0.39, 0.29) is 99.7 Å². The van der Waals surface area contributed by atoms with Crippen LogP contribution < -0.4 is 103 Å². The van der Waals surface area contributed by atoms with E-state index in [2.05, 4.69) is 107 Å². The zero-order chi connectivity index (χ0) is 99.3. The number of benzene rings is 1. The topological polar surface area (TPSA) is 788 Å². The number of carboxylic acid groups (broad SMARTS) is 3. The highest BCUT2D eigenvalue weighted by molar-refractivity contribution is 7.80. The van der Waals surface area contributed by atoms with Gasteiger partial charge in [0, 0.05) is 43.8 Å². The lowest BCUT2D eigenvalue weighted by atomic mass is 9.96. The molecule has 3 aromatic rings. The summed E-state index contributed by atoms with van der Waals surface area (Å²) in [6, 6.07) is -19.2. The number of phenols is 1. The van der Waals surface area contributed by atoms with Gasteiger partial charge in [-0.15, -0.1) is 0 Å². The number of aromatic hydroxyl groups is 1. The summed E-state index contributed by atoms with van der Waals surface area (Å²) < 4.78 is 0. The van der Waals surface area contributed by atoms with Crippen LogP contribution in [0.15, 0.2) is 49.3 Å². The molecule has 0 saturated carbocycles. The van der Waals surface area contributed by atoms with Crippen molar-refractivity contribution < 1.29 is 122 Å². The number of amides is 16.